The van der Waals surface area contributed by atoms with Crippen molar-refractivity contribution in [3.63, 3.8) is 0 Å². The molecule has 0 radical (unpaired) electrons. The normalized spacial score (nSPS) is 15.1. The maximum Gasteiger partial charge on any atom is 0.338 e. The molecule has 0 fully saturated rings. The molecule has 1 aliphatic rings. The highest BCUT2D eigenvalue weighted by Gasteiger charge is 2.34. The van der Waals surface area contributed by atoms with E-state index in [1.807, 2.05) is 24.3 Å². The van der Waals surface area contributed by atoms with Crippen LogP contribution in [0, 0.1) is 0 Å². The van der Waals surface area contributed by atoms with Crippen LogP contribution >= 0.6 is 11.3 Å². The largest absolute Gasteiger partial charge is 0.497 e. The summed E-state index contributed by atoms with van der Waals surface area (Å²) in [6.07, 6.45) is 1.79. The van der Waals surface area contributed by atoms with E-state index in [-0.39, 0.29) is 17.7 Å². The number of methoxy groups -OCH3 is 4. The highest BCUT2D eigenvalue weighted by Crippen LogP contribution is 2.42. The lowest BCUT2D eigenvalue weighted by Gasteiger charge is -2.26. The first-order valence-electron chi connectivity index (χ1n) is 11.5. The van der Waals surface area contributed by atoms with Crippen molar-refractivity contribution in [2.24, 2.45) is 4.99 Å². The predicted octanol–water partition coefficient (Wildman–Crippen LogP) is 2.83. The molecule has 0 saturated carbocycles. The third kappa shape index (κ3) is 4.84. The monoisotopic (exact) mass is 524 g/mol. The highest BCUT2D eigenvalue weighted by molar-refractivity contribution is 7.07. The van der Waals surface area contributed by atoms with E-state index in [0.717, 1.165) is 11.3 Å². The lowest BCUT2D eigenvalue weighted by atomic mass is 9.95. The van der Waals surface area contributed by atoms with E-state index in [4.69, 9.17) is 23.7 Å². The number of hydrogen-bond donors (Lipinski definition) is 0. The minimum Gasteiger partial charge on any atom is -0.497 e. The number of carbonyl (C=O) groups excluding carboxylic acids is 1. The summed E-state index contributed by atoms with van der Waals surface area (Å²) < 4.78 is 29.1. The van der Waals surface area contributed by atoms with E-state index in [0.29, 0.717) is 37.8 Å². The van der Waals surface area contributed by atoms with Crippen LogP contribution in [0.5, 0.6) is 23.0 Å². The zero-order valence-electron chi connectivity index (χ0n) is 21.5. The van der Waals surface area contributed by atoms with Crippen molar-refractivity contribution in [1.82, 2.24) is 4.57 Å². The van der Waals surface area contributed by atoms with Gasteiger partial charge in [-0.2, -0.15) is 0 Å². The first-order chi connectivity index (χ1) is 17.9. The number of esters is 1. The Labute approximate surface area is 217 Å². The molecule has 2 heterocycles. The summed E-state index contributed by atoms with van der Waals surface area (Å²) in [6, 6.07) is 10.0. The zero-order valence-corrected chi connectivity index (χ0v) is 22.3. The van der Waals surface area contributed by atoms with Crippen molar-refractivity contribution in [1.29, 1.82) is 0 Å². The second kappa shape index (κ2) is 10.9. The summed E-state index contributed by atoms with van der Waals surface area (Å²) in [5.41, 5.74) is 1.86. The van der Waals surface area contributed by atoms with Crippen LogP contribution in [0.3, 0.4) is 0 Å². The van der Waals surface area contributed by atoms with Gasteiger partial charge in [0.05, 0.1) is 56.9 Å². The van der Waals surface area contributed by atoms with Gasteiger partial charge in [-0.15, -0.1) is 0 Å². The van der Waals surface area contributed by atoms with Crippen molar-refractivity contribution in [2.45, 2.75) is 19.9 Å². The molecule has 1 aliphatic heterocycles. The van der Waals surface area contributed by atoms with Crippen LogP contribution in [0.25, 0.3) is 6.08 Å². The van der Waals surface area contributed by atoms with Crippen molar-refractivity contribution in [3.05, 3.63) is 78.5 Å². The summed E-state index contributed by atoms with van der Waals surface area (Å²) in [4.78, 5) is 32.0. The van der Waals surface area contributed by atoms with E-state index < -0.39 is 12.0 Å². The van der Waals surface area contributed by atoms with Gasteiger partial charge in [0, 0.05) is 0 Å². The smallest absolute Gasteiger partial charge is 0.338 e. The second-order valence-corrected chi connectivity index (χ2v) is 9.04. The number of fused-ring (bicyclic) bond motifs is 1. The van der Waals surface area contributed by atoms with Crippen LogP contribution in [0.2, 0.25) is 0 Å². The number of allylic oxidation sites excluding steroid dienone is 1. The number of thiazole rings is 1. The summed E-state index contributed by atoms with van der Waals surface area (Å²) in [5.74, 6) is 1.37. The zero-order chi connectivity index (χ0) is 26.7. The third-order valence-corrected chi connectivity index (χ3v) is 6.92. The van der Waals surface area contributed by atoms with Crippen LogP contribution in [0.4, 0.5) is 0 Å². The Bertz CT molecular complexity index is 1510. The first-order valence-corrected chi connectivity index (χ1v) is 12.3. The molecule has 0 amide bonds. The minimum atomic E-state index is -0.818. The molecule has 0 saturated heterocycles. The van der Waals surface area contributed by atoms with Crippen LogP contribution in [-0.4, -0.2) is 45.6 Å². The number of rotatable bonds is 8. The third-order valence-electron chi connectivity index (χ3n) is 5.93. The number of benzene rings is 2. The van der Waals surface area contributed by atoms with Crippen molar-refractivity contribution < 1.29 is 28.5 Å². The molecule has 1 unspecified atom stereocenters. The molecule has 0 aliphatic carbocycles. The molecule has 9 nitrogen and oxygen atoms in total. The summed E-state index contributed by atoms with van der Waals surface area (Å²) in [6.45, 7) is 3.64. The lowest BCUT2D eigenvalue weighted by Crippen LogP contribution is -2.40. The molecule has 0 bridgehead atoms. The Morgan fingerprint density at radius 1 is 1.03 bits per heavy atom. The number of carbonyl (C=O) groups is 1. The average Bonchev–Trinajstić information content (AvgIpc) is 3.21. The van der Waals surface area contributed by atoms with Crippen LogP contribution in [-0.2, 0) is 9.53 Å². The van der Waals surface area contributed by atoms with Gasteiger partial charge in [0.25, 0.3) is 5.56 Å². The average molecular weight is 525 g/mol. The van der Waals surface area contributed by atoms with Crippen molar-refractivity contribution in [3.8, 4) is 23.0 Å². The van der Waals surface area contributed by atoms with Gasteiger partial charge in [0.1, 0.15) is 5.75 Å². The Morgan fingerprint density at radius 3 is 2.22 bits per heavy atom. The number of hydrogen-bond acceptors (Lipinski definition) is 9. The topological polar surface area (TPSA) is 97.6 Å². The van der Waals surface area contributed by atoms with Gasteiger partial charge >= 0.3 is 5.97 Å². The molecule has 194 valence electrons. The fourth-order valence-electron chi connectivity index (χ4n) is 4.22. The highest BCUT2D eigenvalue weighted by atomic mass is 32.1. The van der Waals surface area contributed by atoms with Crippen molar-refractivity contribution >= 4 is 23.4 Å². The molecular weight excluding hydrogens is 496 g/mol. The molecule has 3 aromatic rings. The SMILES string of the molecule is CCOC(=O)C1=C(C)N=c2sc(=Cc3ccc(OC)cc3)c(=O)n2C1c1cc(OC)c(OC)c(OC)c1. The Balaban J connectivity index is 1.98. The Kier molecular flexibility index (Phi) is 7.68. The van der Waals surface area contributed by atoms with E-state index in [1.54, 1.807) is 39.2 Å². The summed E-state index contributed by atoms with van der Waals surface area (Å²) in [5, 5.41) is 0. The fraction of sp³-hybridized carbons (Fsp3) is 0.296. The minimum absolute atomic E-state index is 0.180. The molecule has 1 atom stereocenters. The van der Waals surface area contributed by atoms with Crippen LogP contribution < -0.4 is 33.8 Å². The van der Waals surface area contributed by atoms with Gasteiger partial charge in [0.15, 0.2) is 16.3 Å². The standard InChI is InChI=1S/C27H28N2O7S/c1-7-36-26(31)22-15(2)28-27-29(23(22)17-13-19(33-4)24(35-6)20(14-17)34-5)25(30)21(37-27)12-16-8-10-18(32-3)11-9-16/h8-14,23H,7H2,1-6H3. The van der Waals surface area contributed by atoms with Gasteiger partial charge in [-0.3, -0.25) is 9.36 Å². The van der Waals surface area contributed by atoms with Crippen LogP contribution in [0.1, 0.15) is 31.0 Å². The molecule has 4 rings (SSSR count). The van der Waals surface area contributed by atoms with Crippen LogP contribution in [0.15, 0.2) is 57.5 Å². The van der Waals surface area contributed by atoms with Gasteiger partial charge in [-0.25, -0.2) is 9.79 Å². The maximum absolute atomic E-state index is 13.8. The number of aromatic nitrogens is 1. The molecule has 0 spiro atoms. The summed E-state index contributed by atoms with van der Waals surface area (Å²) >= 11 is 1.25. The second-order valence-electron chi connectivity index (χ2n) is 8.03. The molecular formula is C27H28N2O7S. The van der Waals surface area contributed by atoms with E-state index >= 15 is 0 Å². The van der Waals surface area contributed by atoms with E-state index in [9.17, 15) is 9.59 Å². The van der Waals surface area contributed by atoms with E-state index in [1.165, 1.54) is 37.2 Å². The molecule has 10 heteroatoms. The molecule has 0 N–H and O–H groups in total. The number of nitrogens with zero attached hydrogens (tertiary/aromatic N) is 2. The van der Waals surface area contributed by atoms with Crippen molar-refractivity contribution in [2.75, 3.05) is 35.0 Å². The summed E-state index contributed by atoms with van der Waals surface area (Å²) in [7, 11) is 6.12. The Hall–Kier alpha value is -4.05. The fourth-order valence-corrected chi connectivity index (χ4v) is 5.26. The molecule has 37 heavy (non-hydrogen) atoms. The van der Waals surface area contributed by atoms with Gasteiger partial charge in [-0.1, -0.05) is 23.5 Å². The first kappa shape index (κ1) is 26.0. The molecule has 2 aromatic carbocycles. The predicted molar refractivity (Wildman–Crippen MR) is 139 cm³/mol. The van der Waals surface area contributed by atoms with Gasteiger partial charge in [-0.05, 0) is 55.3 Å². The van der Waals surface area contributed by atoms with E-state index in [2.05, 4.69) is 4.99 Å². The quantitative estimate of drug-likeness (QED) is 0.418. The van der Waals surface area contributed by atoms with Gasteiger partial charge in [0.2, 0.25) is 5.75 Å². The van der Waals surface area contributed by atoms with Gasteiger partial charge < -0.3 is 23.7 Å². The Morgan fingerprint density at radius 2 is 1.68 bits per heavy atom. The maximum atomic E-state index is 13.8. The molecule has 1 aromatic heterocycles. The number of ether oxygens (including phenoxy) is 5. The lowest BCUT2D eigenvalue weighted by molar-refractivity contribution is -0.139.